The van der Waals surface area contributed by atoms with Gasteiger partial charge in [0.25, 0.3) is 0 Å². The summed E-state index contributed by atoms with van der Waals surface area (Å²) < 4.78 is 5.11. The summed E-state index contributed by atoms with van der Waals surface area (Å²) in [6.07, 6.45) is 1.84. The van der Waals surface area contributed by atoms with Crippen LogP contribution in [0.2, 0.25) is 0 Å². The molecule has 0 bridgehead atoms. The van der Waals surface area contributed by atoms with Crippen LogP contribution >= 0.6 is 0 Å². The second-order valence-corrected chi connectivity index (χ2v) is 3.96. The van der Waals surface area contributed by atoms with Crippen LogP contribution in [-0.2, 0) is 4.74 Å². The molecule has 1 saturated heterocycles. The number of aryl methyl sites for hydroxylation is 1. The minimum atomic E-state index is -0.334. The molecule has 0 aromatic heterocycles. The predicted octanol–water partition coefficient (Wildman–Crippen LogP) is 2.21. The monoisotopic (exact) mass is 192 g/mol. The van der Waals surface area contributed by atoms with E-state index in [1.54, 1.807) is 0 Å². The molecule has 0 amide bonds. The van der Waals surface area contributed by atoms with E-state index >= 15 is 0 Å². The van der Waals surface area contributed by atoms with Crippen molar-refractivity contribution in [1.82, 2.24) is 0 Å². The highest BCUT2D eigenvalue weighted by atomic mass is 16.6. The van der Waals surface area contributed by atoms with E-state index in [9.17, 15) is 5.11 Å². The van der Waals surface area contributed by atoms with Gasteiger partial charge in [-0.3, -0.25) is 0 Å². The van der Waals surface area contributed by atoms with Gasteiger partial charge in [-0.05, 0) is 25.3 Å². The molecule has 14 heavy (non-hydrogen) atoms. The maximum absolute atomic E-state index is 9.87. The summed E-state index contributed by atoms with van der Waals surface area (Å²) >= 11 is 0. The van der Waals surface area contributed by atoms with Crippen molar-refractivity contribution in [3.63, 3.8) is 0 Å². The molecule has 1 fully saturated rings. The molecule has 0 spiro atoms. The van der Waals surface area contributed by atoms with E-state index in [1.165, 1.54) is 5.56 Å². The third-order valence-corrected chi connectivity index (χ3v) is 2.59. The normalized spacial score (nSPS) is 22.0. The Hall–Kier alpha value is -0.860. The zero-order chi connectivity index (χ0) is 9.97. The zero-order valence-corrected chi connectivity index (χ0v) is 8.44. The smallest absolute Gasteiger partial charge is 0.0811 e. The first kappa shape index (κ1) is 9.69. The average molecular weight is 192 g/mol. The van der Waals surface area contributed by atoms with Crippen LogP contribution in [0.5, 0.6) is 0 Å². The number of hydrogen-bond acceptors (Lipinski definition) is 2. The van der Waals surface area contributed by atoms with Gasteiger partial charge in [-0.15, -0.1) is 0 Å². The van der Waals surface area contributed by atoms with Crippen LogP contribution in [0.15, 0.2) is 24.3 Å². The quantitative estimate of drug-likeness (QED) is 0.742. The van der Waals surface area contributed by atoms with Crippen molar-refractivity contribution in [1.29, 1.82) is 0 Å². The second kappa shape index (κ2) is 4.11. The van der Waals surface area contributed by atoms with E-state index in [-0.39, 0.29) is 6.10 Å². The average Bonchev–Trinajstić information content (AvgIpc) is 2.97. The van der Waals surface area contributed by atoms with Gasteiger partial charge in [0.15, 0.2) is 0 Å². The molecule has 1 aromatic carbocycles. The van der Waals surface area contributed by atoms with Gasteiger partial charge in [-0.25, -0.2) is 0 Å². The van der Waals surface area contributed by atoms with E-state index in [0.717, 1.165) is 25.0 Å². The Morgan fingerprint density at radius 3 is 3.00 bits per heavy atom. The lowest BCUT2D eigenvalue weighted by atomic mass is 10.0. The Morgan fingerprint density at radius 2 is 2.36 bits per heavy atom. The molecular formula is C12H16O2. The van der Waals surface area contributed by atoms with E-state index in [0.29, 0.717) is 6.10 Å². The van der Waals surface area contributed by atoms with Gasteiger partial charge in [0.05, 0.1) is 18.8 Å². The molecule has 0 saturated carbocycles. The standard InChI is InChI=1S/C12H16O2/c1-9-3-2-4-10(7-9)12(13)6-5-11-8-14-11/h2-4,7,11-13H,5-6,8H2,1H3. The summed E-state index contributed by atoms with van der Waals surface area (Å²) in [7, 11) is 0. The van der Waals surface area contributed by atoms with Crippen molar-refractivity contribution in [2.45, 2.75) is 32.0 Å². The van der Waals surface area contributed by atoms with Crippen LogP contribution in [0.25, 0.3) is 0 Å². The number of hydrogen-bond donors (Lipinski definition) is 1. The maximum atomic E-state index is 9.87. The van der Waals surface area contributed by atoms with Crippen molar-refractivity contribution in [3.8, 4) is 0 Å². The lowest BCUT2D eigenvalue weighted by molar-refractivity contribution is 0.160. The van der Waals surface area contributed by atoms with E-state index in [2.05, 4.69) is 0 Å². The molecule has 2 rings (SSSR count). The van der Waals surface area contributed by atoms with Crippen LogP contribution in [0.4, 0.5) is 0 Å². The molecule has 1 aliphatic rings. The van der Waals surface area contributed by atoms with Crippen molar-refractivity contribution < 1.29 is 9.84 Å². The molecular weight excluding hydrogens is 176 g/mol. The third-order valence-electron chi connectivity index (χ3n) is 2.59. The van der Waals surface area contributed by atoms with Crippen LogP contribution < -0.4 is 0 Å². The lowest BCUT2D eigenvalue weighted by Crippen LogP contribution is -1.99. The van der Waals surface area contributed by atoms with Crippen molar-refractivity contribution >= 4 is 0 Å². The van der Waals surface area contributed by atoms with Gasteiger partial charge >= 0.3 is 0 Å². The zero-order valence-electron chi connectivity index (χ0n) is 8.44. The van der Waals surface area contributed by atoms with Crippen molar-refractivity contribution in [3.05, 3.63) is 35.4 Å². The SMILES string of the molecule is Cc1cccc(C(O)CCC2CO2)c1. The van der Waals surface area contributed by atoms with E-state index < -0.39 is 0 Å². The van der Waals surface area contributed by atoms with Gasteiger partial charge in [0.2, 0.25) is 0 Å². The van der Waals surface area contributed by atoms with Gasteiger partial charge in [0.1, 0.15) is 0 Å². The van der Waals surface area contributed by atoms with Gasteiger partial charge in [0, 0.05) is 0 Å². The summed E-state index contributed by atoms with van der Waals surface area (Å²) in [6.45, 7) is 2.92. The molecule has 2 atom stereocenters. The largest absolute Gasteiger partial charge is 0.388 e. The Kier molecular flexibility index (Phi) is 2.85. The summed E-state index contributed by atoms with van der Waals surface area (Å²) in [6, 6.07) is 8.05. The molecule has 76 valence electrons. The fraction of sp³-hybridized carbons (Fsp3) is 0.500. The van der Waals surface area contributed by atoms with Crippen LogP contribution in [-0.4, -0.2) is 17.8 Å². The maximum Gasteiger partial charge on any atom is 0.0811 e. The number of rotatable bonds is 4. The first-order valence-corrected chi connectivity index (χ1v) is 5.12. The molecule has 1 aliphatic heterocycles. The van der Waals surface area contributed by atoms with E-state index in [4.69, 9.17) is 4.74 Å². The minimum absolute atomic E-state index is 0.334. The molecule has 2 heteroatoms. The molecule has 1 aromatic rings. The van der Waals surface area contributed by atoms with Crippen molar-refractivity contribution in [2.75, 3.05) is 6.61 Å². The number of epoxide rings is 1. The van der Waals surface area contributed by atoms with Crippen LogP contribution in [0.3, 0.4) is 0 Å². The Balaban J connectivity index is 1.91. The second-order valence-electron chi connectivity index (χ2n) is 3.96. The van der Waals surface area contributed by atoms with Gasteiger partial charge in [-0.1, -0.05) is 29.8 Å². The minimum Gasteiger partial charge on any atom is -0.388 e. The first-order chi connectivity index (χ1) is 6.75. The predicted molar refractivity (Wildman–Crippen MR) is 55.1 cm³/mol. The van der Waals surface area contributed by atoms with Crippen molar-refractivity contribution in [2.24, 2.45) is 0 Å². The lowest BCUT2D eigenvalue weighted by Gasteiger charge is -2.10. The molecule has 1 heterocycles. The Morgan fingerprint density at radius 1 is 1.57 bits per heavy atom. The Labute approximate surface area is 84.5 Å². The summed E-state index contributed by atoms with van der Waals surface area (Å²) in [5, 5.41) is 9.87. The highest BCUT2D eigenvalue weighted by Crippen LogP contribution is 2.24. The summed E-state index contributed by atoms with van der Waals surface area (Å²) in [5.41, 5.74) is 2.22. The molecule has 0 aliphatic carbocycles. The fourth-order valence-corrected chi connectivity index (χ4v) is 1.62. The molecule has 1 N–H and O–H groups in total. The topological polar surface area (TPSA) is 32.8 Å². The molecule has 0 radical (unpaired) electrons. The number of aliphatic hydroxyl groups excluding tert-OH is 1. The number of ether oxygens (including phenoxy) is 1. The van der Waals surface area contributed by atoms with Gasteiger partial charge < -0.3 is 9.84 Å². The number of benzene rings is 1. The summed E-state index contributed by atoms with van der Waals surface area (Å²) in [5.74, 6) is 0. The molecule has 2 unspecified atom stereocenters. The third kappa shape index (κ3) is 2.56. The molecule has 2 nitrogen and oxygen atoms in total. The summed E-state index contributed by atoms with van der Waals surface area (Å²) in [4.78, 5) is 0. The fourth-order valence-electron chi connectivity index (χ4n) is 1.62. The Bertz CT molecular complexity index is 305. The number of aliphatic hydroxyl groups is 1. The first-order valence-electron chi connectivity index (χ1n) is 5.12. The highest BCUT2D eigenvalue weighted by molar-refractivity contribution is 5.23. The highest BCUT2D eigenvalue weighted by Gasteiger charge is 2.23. The van der Waals surface area contributed by atoms with Gasteiger partial charge in [-0.2, -0.15) is 0 Å². The van der Waals surface area contributed by atoms with Crippen LogP contribution in [0.1, 0.15) is 30.1 Å². The van der Waals surface area contributed by atoms with E-state index in [1.807, 2.05) is 31.2 Å². The van der Waals surface area contributed by atoms with Crippen LogP contribution in [0, 0.1) is 6.92 Å².